The fourth-order valence-electron chi connectivity index (χ4n) is 3.34. The average molecular weight is 285 g/mol. The van der Waals surface area contributed by atoms with Gasteiger partial charge in [-0.1, -0.05) is 48.3 Å². The molecule has 112 valence electrons. The van der Waals surface area contributed by atoms with E-state index in [9.17, 15) is 0 Å². The number of benzene rings is 1. The second-order valence-electron chi connectivity index (χ2n) is 5.87. The molecule has 0 unspecified atom stereocenters. The molecule has 1 saturated carbocycles. The Morgan fingerprint density at radius 2 is 1.95 bits per heavy atom. The Balaban J connectivity index is 1.85. The second kappa shape index (κ2) is 6.39. The maximum atomic E-state index is 5.48. The predicted molar refractivity (Wildman–Crippen MR) is 82.2 cm³/mol. The molecule has 1 aliphatic rings. The molecule has 21 heavy (non-hydrogen) atoms. The van der Waals surface area contributed by atoms with Gasteiger partial charge in [-0.15, -0.1) is 0 Å². The van der Waals surface area contributed by atoms with Crippen LogP contribution in [0.1, 0.15) is 49.4 Å². The monoisotopic (exact) mass is 285 g/mol. The minimum atomic E-state index is -0.0357. The molecule has 1 N–H and O–H groups in total. The molecule has 1 aromatic heterocycles. The van der Waals surface area contributed by atoms with Crippen molar-refractivity contribution in [3.63, 3.8) is 0 Å². The van der Waals surface area contributed by atoms with Crippen LogP contribution in [0, 0.1) is 0 Å². The molecule has 0 aliphatic heterocycles. The van der Waals surface area contributed by atoms with E-state index in [-0.39, 0.29) is 5.41 Å². The van der Waals surface area contributed by atoms with Gasteiger partial charge in [0.05, 0.1) is 5.41 Å². The molecule has 1 heterocycles. The molecular weight excluding hydrogens is 262 g/mol. The van der Waals surface area contributed by atoms with E-state index in [4.69, 9.17) is 9.51 Å². The molecule has 0 atom stereocenters. The van der Waals surface area contributed by atoms with Crippen LogP contribution in [0.2, 0.25) is 0 Å². The molecule has 1 aromatic carbocycles. The summed E-state index contributed by atoms with van der Waals surface area (Å²) in [4.78, 5) is 4.71. The lowest BCUT2D eigenvalue weighted by Crippen LogP contribution is -2.25. The van der Waals surface area contributed by atoms with Crippen molar-refractivity contribution in [1.82, 2.24) is 15.5 Å². The summed E-state index contributed by atoms with van der Waals surface area (Å²) in [6, 6.07) is 10.7. The first-order valence-corrected chi connectivity index (χ1v) is 7.88. The molecule has 0 bridgehead atoms. The van der Waals surface area contributed by atoms with Crippen LogP contribution < -0.4 is 5.32 Å². The number of hydrogen-bond donors (Lipinski definition) is 1. The summed E-state index contributed by atoms with van der Waals surface area (Å²) in [6.45, 7) is 0.974. The Labute approximate surface area is 126 Å². The molecule has 2 aromatic rings. The Morgan fingerprint density at radius 3 is 2.67 bits per heavy atom. The van der Waals surface area contributed by atoms with Gasteiger partial charge in [-0.25, -0.2) is 0 Å². The van der Waals surface area contributed by atoms with E-state index in [2.05, 4.69) is 40.8 Å². The van der Waals surface area contributed by atoms with Gasteiger partial charge in [0.1, 0.15) is 0 Å². The Hall–Kier alpha value is -1.68. The van der Waals surface area contributed by atoms with Gasteiger partial charge >= 0.3 is 0 Å². The van der Waals surface area contributed by atoms with E-state index in [1.165, 1.54) is 18.4 Å². The number of nitrogens with one attached hydrogen (secondary N) is 1. The molecule has 0 radical (unpaired) electrons. The van der Waals surface area contributed by atoms with Crippen LogP contribution in [0.25, 0.3) is 0 Å². The van der Waals surface area contributed by atoms with Crippen LogP contribution in [0.3, 0.4) is 0 Å². The highest BCUT2D eigenvalue weighted by Gasteiger charge is 2.41. The summed E-state index contributed by atoms with van der Waals surface area (Å²) in [6.07, 6.45) is 6.57. The van der Waals surface area contributed by atoms with Crippen molar-refractivity contribution in [2.75, 3.05) is 13.6 Å². The smallest absolute Gasteiger partial charge is 0.226 e. The SMILES string of the molecule is CNCCCc1nc(C2(c3ccccc3)CCCC2)no1. The molecule has 3 rings (SSSR count). The number of rotatable bonds is 6. The van der Waals surface area contributed by atoms with Crippen LogP contribution in [-0.4, -0.2) is 23.7 Å². The van der Waals surface area contributed by atoms with E-state index >= 15 is 0 Å². The standard InChI is InChI=1S/C17H23N3O/c1-18-13-7-10-15-19-16(20-21-15)17(11-5-6-12-17)14-8-3-2-4-9-14/h2-4,8-9,18H,5-7,10-13H2,1H3. The molecule has 4 heteroatoms. The fraction of sp³-hybridized carbons (Fsp3) is 0.529. The zero-order chi connectivity index (χ0) is 14.5. The summed E-state index contributed by atoms with van der Waals surface area (Å²) in [5.41, 5.74) is 1.29. The van der Waals surface area contributed by atoms with E-state index in [1.807, 2.05) is 7.05 Å². The van der Waals surface area contributed by atoms with Crippen molar-refractivity contribution in [3.05, 3.63) is 47.6 Å². The maximum absolute atomic E-state index is 5.48. The number of nitrogens with zero attached hydrogens (tertiary/aromatic N) is 2. The Morgan fingerprint density at radius 1 is 1.19 bits per heavy atom. The van der Waals surface area contributed by atoms with Gasteiger partial charge < -0.3 is 9.84 Å². The summed E-state index contributed by atoms with van der Waals surface area (Å²) < 4.78 is 5.48. The quantitative estimate of drug-likeness (QED) is 0.829. The van der Waals surface area contributed by atoms with E-state index < -0.39 is 0 Å². The van der Waals surface area contributed by atoms with E-state index in [1.54, 1.807) is 0 Å². The van der Waals surface area contributed by atoms with E-state index in [0.29, 0.717) is 0 Å². The lowest BCUT2D eigenvalue weighted by atomic mass is 9.78. The third-order valence-corrected chi connectivity index (χ3v) is 4.50. The summed E-state index contributed by atoms with van der Waals surface area (Å²) in [5.74, 6) is 1.65. The van der Waals surface area contributed by atoms with Crippen molar-refractivity contribution in [3.8, 4) is 0 Å². The first kappa shape index (κ1) is 14.3. The molecule has 0 saturated heterocycles. The van der Waals surface area contributed by atoms with Gasteiger partial charge in [-0.05, 0) is 38.4 Å². The summed E-state index contributed by atoms with van der Waals surface area (Å²) >= 11 is 0. The predicted octanol–water partition coefficient (Wildman–Crippen LogP) is 3.08. The van der Waals surface area contributed by atoms with Gasteiger partial charge in [-0.2, -0.15) is 4.98 Å². The summed E-state index contributed by atoms with van der Waals surface area (Å²) in [7, 11) is 1.96. The zero-order valence-corrected chi connectivity index (χ0v) is 12.6. The molecular formula is C17H23N3O. The lowest BCUT2D eigenvalue weighted by molar-refractivity contribution is 0.357. The highest BCUT2D eigenvalue weighted by atomic mass is 16.5. The van der Waals surface area contributed by atoms with Gasteiger partial charge in [0.25, 0.3) is 0 Å². The molecule has 0 spiro atoms. The Bertz CT molecular complexity index is 558. The minimum absolute atomic E-state index is 0.0357. The minimum Gasteiger partial charge on any atom is -0.339 e. The first-order chi connectivity index (χ1) is 10.3. The van der Waals surface area contributed by atoms with Crippen molar-refractivity contribution in [2.45, 2.75) is 43.9 Å². The largest absolute Gasteiger partial charge is 0.339 e. The van der Waals surface area contributed by atoms with Gasteiger partial charge in [0.2, 0.25) is 5.89 Å². The van der Waals surface area contributed by atoms with Crippen molar-refractivity contribution in [1.29, 1.82) is 0 Å². The van der Waals surface area contributed by atoms with Gasteiger partial charge in [-0.3, -0.25) is 0 Å². The van der Waals surface area contributed by atoms with Crippen LogP contribution >= 0.6 is 0 Å². The highest BCUT2D eigenvalue weighted by Crippen LogP contribution is 2.45. The molecule has 1 fully saturated rings. The first-order valence-electron chi connectivity index (χ1n) is 7.88. The number of aryl methyl sites for hydroxylation is 1. The molecule has 1 aliphatic carbocycles. The Kier molecular flexibility index (Phi) is 4.34. The summed E-state index contributed by atoms with van der Waals surface area (Å²) in [5, 5.41) is 7.46. The maximum Gasteiger partial charge on any atom is 0.226 e. The fourth-order valence-corrected chi connectivity index (χ4v) is 3.34. The van der Waals surface area contributed by atoms with Crippen molar-refractivity contribution >= 4 is 0 Å². The lowest BCUT2D eigenvalue weighted by Gasteiger charge is -2.25. The average Bonchev–Trinajstić information content (AvgIpc) is 3.18. The highest BCUT2D eigenvalue weighted by molar-refractivity contribution is 5.33. The topological polar surface area (TPSA) is 51.0 Å². The van der Waals surface area contributed by atoms with Crippen LogP contribution in [0.4, 0.5) is 0 Å². The van der Waals surface area contributed by atoms with Crippen molar-refractivity contribution < 1.29 is 4.52 Å². The third kappa shape index (κ3) is 2.86. The van der Waals surface area contributed by atoms with Gasteiger partial charge in [0.15, 0.2) is 5.82 Å². The molecule has 0 amide bonds. The second-order valence-corrected chi connectivity index (χ2v) is 5.87. The zero-order valence-electron chi connectivity index (χ0n) is 12.6. The van der Waals surface area contributed by atoms with Gasteiger partial charge in [0, 0.05) is 6.42 Å². The third-order valence-electron chi connectivity index (χ3n) is 4.50. The van der Waals surface area contributed by atoms with E-state index in [0.717, 1.165) is 43.9 Å². The van der Waals surface area contributed by atoms with Crippen LogP contribution in [-0.2, 0) is 11.8 Å². The van der Waals surface area contributed by atoms with Crippen LogP contribution in [0.5, 0.6) is 0 Å². The van der Waals surface area contributed by atoms with Crippen molar-refractivity contribution in [2.24, 2.45) is 0 Å². The molecule has 4 nitrogen and oxygen atoms in total. The number of hydrogen-bond acceptors (Lipinski definition) is 4. The van der Waals surface area contributed by atoms with Crippen LogP contribution in [0.15, 0.2) is 34.9 Å². The normalized spacial score (nSPS) is 17.2. The number of aromatic nitrogens is 2.